The number of anilines is 2. The van der Waals surface area contributed by atoms with Crippen molar-refractivity contribution in [2.24, 2.45) is 0 Å². The summed E-state index contributed by atoms with van der Waals surface area (Å²) in [4.78, 5) is 52.8. The highest BCUT2D eigenvalue weighted by atomic mass is 32.2. The van der Waals surface area contributed by atoms with E-state index in [4.69, 9.17) is 4.74 Å². The van der Waals surface area contributed by atoms with E-state index in [9.17, 15) is 19.2 Å². The summed E-state index contributed by atoms with van der Waals surface area (Å²) >= 11 is 1.33. The number of rotatable bonds is 13. The number of carbonyl (C=O) groups is 4. The van der Waals surface area contributed by atoms with Crippen LogP contribution in [0.15, 0.2) is 132 Å². The van der Waals surface area contributed by atoms with Crippen LogP contribution in [0.25, 0.3) is 16.8 Å². The van der Waals surface area contributed by atoms with E-state index in [1.807, 2.05) is 61.5 Å². The van der Waals surface area contributed by atoms with E-state index in [-0.39, 0.29) is 11.6 Å². The molecule has 5 aromatic carbocycles. The van der Waals surface area contributed by atoms with Crippen LogP contribution in [-0.4, -0.2) is 35.5 Å². The highest BCUT2D eigenvalue weighted by molar-refractivity contribution is 8.00. The van der Waals surface area contributed by atoms with Gasteiger partial charge in [-0.1, -0.05) is 80.1 Å². The Balaban J connectivity index is 1.27. The second-order valence-electron chi connectivity index (χ2n) is 11.2. The first-order valence-corrected chi connectivity index (χ1v) is 16.9. The van der Waals surface area contributed by atoms with Crippen molar-refractivity contribution in [2.45, 2.75) is 36.8 Å². The molecule has 49 heavy (non-hydrogen) atoms. The molecular formula is C40H37N3O5S. The van der Waals surface area contributed by atoms with E-state index in [0.29, 0.717) is 29.1 Å². The van der Waals surface area contributed by atoms with Gasteiger partial charge in [-0.05, 0) is 90.4 Å². The first-order chi connectivity index (χ1) is 23.8. The Kier molecular flexibility index (Phi) is 12.0. The second kappa shape index (κ2) is 16.9. The molecule has 0 aromatic heterocycles. The Morgan fingerprint density at radius 2 is 1.47 bits per heavy atom. The Labute approximate surface area is 290 Å². The molecule has 5 rings (SSSR count). The summed E-state index contributed by atoms with van der Waals surface area (Å²) < 4.78 is 5.24. The molecule has 1 atom stereocenters. The molecule has 9 heteroatoms. The van der Waals surface area contributed by atoms with E-state index in [1.54, 1.807) is 79.7 Å². The zero-order chi connectivity index (χ0) is 34.6. The lowest BCUT2D eigenvalue weighted by Crippen LogP contribution is -2.30. The fourth-order valence-electron chi connectivity index (χ4n) is 4.90. The van der Waals surface area contributed by atoms with Gasteiger partial charge in [0.2, 0.25) is 5.91 Å². The molecule has 0 saturated carbocycles. The van der Waals surface area contributed by atoms with Gasteiger partial charge >= 0.3 is 5.97 Å². The van der Waals surface area contributed by atoms with Crippen LogP contribution in [0.1, 0.15) is 53.0 Å². The van der Waals surface area contributed by atoms with Crippen molar-refractivity contribution in [3.05, 3.63) is 144 Å². The van der Waals surface area contributed by atoms with Crippen molar-refractivity contribution < 1.29 is 23.9 Å². The zero-order valence-electron chi connectivity index (χ0n) is 27.3. The molecule has 0 radical (unpaired) electrons. The van der Waals surface area contributed by atoms with Crippen LogP contribution in [0, 0.1) is 0 Å². The standard InChI is InChI=1S/C40H37N3O5S/c1-3-4-24-48-40(47)30-20-22-32(23-21-30)41-37(44)27(2)49-34-18-11-17-33(26-34)42-39(46)36(43-38(45)29-13-6-5-7-14-29)25-31-16-10-15-28-12-8-9-19-35(28)31/h5-23,25-27H,3-4,24H2,1-2H3,(H,41,44)(H,42,46)(H,43,45)/b36-25+. The molecule has 3 amide bonds. The Morgan fingerprint density at radius 3 is 2.24 bits per heavy atom. The number of fused-ring (bicyclic) bond motifs is 1. The molecule has 0 saturated heterocycles. The molecule has 248 valence electrons. The molecule has 8 nitrogen and oxygen atoms in total. The maximum atomic E-state index is 13.7. The van der Waals surface area contributed by atoms with E-state index >= 15 is 0 Å². The van der Waals surface area contributed by atoms with Crippen LogP contribution in [0.5, 0.6) is 0 Å². The molecule has 0 bridgehead atoms. The minimum absolute atomic E-state index is 0.0799. The molecule has 3 N–H and O–H groups in total. The maximum Gasteiger partial charge on any atom is 0.338 e. The maximum absolute atomic E-state index is 13.7. The molecule has 0 aliphatic heterocycles. The molecule has 0 aliphatic carbocycles. The van der Waals surface area contributed by atoms with Gasteiger partial charge in [-0.15, -0.1) is 11.8 Å². The molecule has 1 unspecified atom stereocenters. The first-order valence-electron chi connectivity index (χ1n) is 16.0. The van der Waals surface area contributed by atoms with E-state index in [1.165, 1.54) is 11.8 Å². The highest BCUT2D eigenvalue weighted by Gasteiger charge is 2.18. The number of esters is 1. The number of hydrogen-bond acceptors (Lipinski definition) is 6. The lowest BCUT2D eigenvalue weighted by molar-refractivity contribution is -0.115. The third kappa shape index (κ3) is 9.68. The van der Waals surface area contributed by atoms with Crippen LogP contribution < -0.4 is 16.0 Å². The number of amides is 3. The fourth-order valence-corrected chi connectivity index (χ4v) is 5.83. The average Bonchev–Trinajstić information content (AvgIpc) is 3.12. The highest BCUT2D eigenvalue weighted by Crippen LogP contribution is 2.27. The lowest BCUT2D eigenvalue weighted by Gasteiger charge is -2.14. The SMILES string of the molecule is CCCCOC(=O)c1ccc(NC(=O)C(C)Sc2cccc(NC(=O)/C(=C\c3cccc4ccccc34)NC(=O)c3ccccc3)c2)cc1. The first kappa shape index (κ1) is 34.7. The van der Waals surface area contributed by atoms with Crippen LogP contribution in [0.4, 0.5) is 11.4 Å². The van der Waals surface area contributed by atoms with Crippen molar-refractivity contribution in [1.29, 1.82) is 0 Å². The third-order valence-electron chi connectivity index (χ3n) is 7.55. The summed E-state index contributed by atoms with van der Waals surface area (Å²) in [6.45, 7) is 4.19. The van der Waals surface area contributed by atoms with E-state index in [2.05, 4.69) is 16.0 Å². The topological polar surface area (TPSA) is 114 Å². The summed E-state index contributed by atoms with van der Waals surface area (Å²) in [5.74, 6) is -1.52. The number of unbranched alkanes of at least 4 members (excludes halogenated alkanes) is 1. The van der Waals surface area contributed by atoms with Gasteiger partial charge in [-0.25, -0.2) is 4.79 Å². The summed E-state index contributed by atoms with van der Waals surface area (Å²) in [6.07, 6.45) is 3.42. The fraction of sp³-hybridized carbons (Fsp3) is 0.150. The van der Waals surface area contributed by atoms with Gasteiger partial charge in [0.05, 0.1) is 17.4 Å². The number of carbonyl (C=O) groups excluding carboxylic acids is 4. The zero-order valence-corrected chi connectivity index (χ0v) is 28.1. The molecule has 0 aliphatic rings. The van der Waals surface area contributed by atoms with Crippen molar-refractivity contribution in [3.63, 3.8) is 0 Å². The minimum atomic E-state index is -0.497. The quantitative estimate of drug-likeness (QED) is 0.0502. The average molecular weight is 672 g/mol. The van der Waals surface area contributed by atoms with E-state index < -0.39 is 23.0 Å². The van der Waals surface area contributed by atoms with Crippen LogP contribution in [0.3, 0.4) is 0 Å². The predicted octanol–water partition coefficient (Wildman–Crippen LogP) is 8.33. The van der Waals surface area contributed by atoms with Crippen molar-refractivity contribution in [1.82, 2.24) is 5.32 Å². The van der Waals surface area contributed by atoms with Gasteiger partial charge in [-0.3, -0.25) is 14.4 Å². The van der Waals surface area contributed by atoms with Crippen LogP contribution in [0.2, 0.25) is 0 Å². The molecule has 0 fully saturated rings. The molecule has 5 aromatic rings. The lowest BCUT2D eigenvalue weighted by atomic mass is 10.0. The number of hydrogen-bond donors (Lipinski definition) is 3. The molecular weight excluding hydrogens is 635 g/mol. The summed E-state index contributed by atoms with van der Waals surface area (Å²) in [5.41, 5.74) is 2.77. The summed E-state index contributed by atoms with van der Waals surface area (Å²) in [6, 6.07) is 36.1. The van der Waals surface area contributed by atoms with Gasteiger partial charge in [0.1, 0.15) is 5.70 Å². The number of thioether (sulfide) groups is 1. The monoisotopic (exact) mass is 671 g/mol. The third-order valence-corrected chi connectivity index (χ3v) is 8.64. The molecule has 0 spiro atoms. The van der Waals surface area contributed by atoms with E-state index in [0.717, 1.165) is 34.1 Å². The predicted molar refractivity (Wildman–Crippen MR) is 196 cm³/mol. The van der Waals surface area contributed by atoms with Crippen LogP contribution >= 0.6 is 11.8 Å². The van der Waals surface area contributed by atoms with Crippen molar-refractivity contribution in [3.8, 4) is 0 Å². The number of benzene rings is 5. The largest absolute Gasteiger partial charge is 0.462 e. The summed E-state index contributed by atoms with van der Waals surface area (Å²) in [7, 11) is 0. The smallest absolute Gasteiger partial charge is 0.338 e. The van der Waals surface area contributed by atoms with Gasteiger partial charge in [0.15, 0.2) is 0 Å². The Bertz CT molecular complexity index is 1970. The number of nitrogens with one attached hydrogen (secondary N) is 3. The van der Waals surface area contributed by atoms with Gasteiger partial charge in [0, 0.05) is 21.8 Å². The Morgan fingerprint density at radius 1 is 0.755 bits per heavy atom. The molecule has 0 heterocycles. The Hall–Kier alpha value is -5.67. The number of ether oxygens (including phenoxy) is 1. The van der Waals surface area contributed by atoms with Gasteiger partial charge in [-0.2, -0.15) is 0 Å². The minimum Gasteiger partial charge on any atom is -0.462 e. The van der Waals surface area contributed by atoms with Crippen molar-refractivity contribution in [2.75, 3.05) is 17.2 Å². The van der Waals surface area contributed by atoms with Gasteiger partial charge < -0.3 is 20.7 Å². The van der Waals surface area contributed by atoms with Gasteiger partial charge in [0.25, 0.3) is 11.8 Å². The second-order valence-corrected chi connectivity index (χ2v) is 12.7. The van der Waals surface area contributed by atoms with Crippen molar-refractivity contribution >= 4 is 63.7 Å². The summed E-state index contributed by atoms with van der Waals surface area (Å²) in [5, 5.41) is 10.1. The van der Waals surface area contributed by atoms with Crippen LogP contribution in [-0.2, 0) is 14.3 Å². The normalized spacial score (nSPS) is 11.8.